The smallest absolute Gasteiger partial charge is 0.106 e. The lowest BCUT2D eigenvalue weighted by atomic mass is 10.1. The summed E-state index contributed by atoms with van der Waals surface area (Å²) >= 11 is 6.77. The molecule has 0 N–H and O–H groups in total. The molecule has 3 nitrogen and oxygen atoms in total. The average Bonchev–Trinajstić information content (AvgIpc) is 3.43. The number of ether oxygens (including phenoxy) is 3. The summed E-state index contributed by atoms with van der Waals surface area (Å²) in [7, 11) is 0. The summed E-state index contributed by atoms with van der Waals surface area (Å²) in [6.45, 7) is 2.97. The minimum Gasteiger partial charge on any atom is -0.376 e. The lowest BCUT2D eigenvalue weighted by molar-refractivity contribution is -0.0901. The summed E-state index contributed by atoms with van der Waals surface area (Å²) in [5, 5.41) is 0. The Bertz CT molecular complexity index is 603. The third kappa shape index (κ3) is 5.40. The van der Waals surface area contributed by atoms with Gasteiger partial charge in [-0.15, -0.1) is 0 Å². The molecule has 2 saturated heterocycles. The average molecular weight is 442 g/mol. The van der Waals surface area contributed by atoms with Crippen LogP contribution in [-0.2, 0) is 14.2 Å². The van der Waals surface area contributed by atoms with Gasteiger partial charge in [-0.05, 0) is 35.4 Å². The van der Waals surface area contributed by atoms with Gasteiger partial charge >= 0.3 is 0 Å². The first kappa shape index (κ1) is 17.1. The topological polar surface area (TPSA) is 31.0 Å². The second-order valence-corrected chi connectivity index (χ2v) is 7.19. The van der Waals surface area contributed by atoms with Crippen LogP contribution in [0.5, 0.6) is 0 Å². The van der Waals surface area contributed by atoms with Gasteiger partial charge in [0.1, 0.15) is 12.2 Å². The van der Waals surface area contributed by atoms with E-state index in [0.29, 0.717) is 25.9 Å². The molecule has 5 heteroatoms. The molecule has 0 saturated carbocycles. The SMILES string of the molecule is Brc1ccc(C2CO2)cc1.Brc1ccc(C2COCCO2)cc1. The zero-order valence-corrected chi connectivity index (χ0v) is 15.8. The van der Waals surface area contributed by atoms with Crippen LogP contribution >= 0.6 is 31.9 Å². The molecule has 2 atom stereocenters. The summed E-state index contributed by atoms with van der Waals surface area (Å²) < 4.78 is 18.2. The molecule has 2 aliphatic heterocycles. The molecule has 0 spiro atoms. The fraction of sp³-hybridized carbons (Fsp3) is 0.333. The fourth-order valence-corrected chi connectivity index (χ4v) is 2.80. The molecule has 0 aromatic heterocycles. The van der Waals surface area contributed by atoms with Gasteiger partial charge in [-0.25, -0.2) is 0 Å². The maximum atomic E-state index is 5.56. The Kier molecular flexibility index (Phi) is 6.25. The first-order valence-electron chi connectivity index (χ1n) is 7.54. The molecule has 0 bridgehead atoms. The molecular formula is C18H18Br2O3. The molecule has 2 aromatic carbocycles. The van der Waals surface area contributed by atoms with E-state index < -0.39 is 0 Å². The lowest BCUT2D eigenvalue weighted by Crippen LogP contribution is -2.21. The van der Waals surface area contributed by atoms with Crippen molar-refractivity contribution in [2.45, 2.75) is 12.2 Å². The van der Waals surface area contributed by atoms with Gasteiger partial charge < -0.3 is 14.2 Å². The van der Waals surface area contributed by atoms with Crippen molar-refractivity contribution in [3.63, 3.8) is 0 Å². The molecule has 2 heterocycles. The molecule has 0 amide bonds. The van der Waals surface area contributed by atoms with Gasteiger partial charge in [-0.3, -0.25) is 0 Å². The van der Waals surface area contributed by atoms with E-state index in [1.54, 1.807) is 0 Å². The van der Waals surface area contributed by atoms with Crippen LogP contribution in [0.25, 0.3) is 0 Å². The molecule has 2 unspecified atom stereocenters. The largest absolute Gasteiger partial charge is 0.376 e. The minimum atomic E-state index is 0.113. The summed E-state index contributed by atoms with van der Waals surface area (Å²) in [6, 6.07) is 16.4. The molecule has 23 heavy (non-hydrogen) atoms. The quantitative estimate of drug-likeness (QED) is 0.610. The van der Waals surface area contributed by atoms with Crippen molar-refractivity contribution in [2.24, 2.45) is 0 Å². The number of halogens is 2. The molecule has 2 aromatic rings. The van der Waals surface area contributed by atoms with Crippen molar-refractivity contribution in [1.82, 2.24) is 0 Å². The van der Waals surface area contributed by atoms with E-state index in [2.05, 4.69) is 56.1 Å². The lowest BCUT2D eigenvalue weighted by Gasteiger charge is -2.23. The number of benzene rings is 2. The Morgan fingerprint density at radius 2 is 1.13 bits per heavy atom. The predicted molar refractivity (Wildman–Crippen MR) is 96.5 cm³/mol. The number of hydrogen-bond acceptors (Lipinski definition) is 3. The monoisotopic (exact) mass is 440 g/mol. The predicted octanol–water partition coefficient (Wildman–Crippen LogP) is 5.06. The summed E-state index contributed by atoms with van der Waals surface area (Å²) in [4.78, 5) is 0. The number of epoxide rings is 1. The first-order chi connectivity index (χ1) is 11.2. The second kappa shape index (κ2) is 8.40. The van der Waals surface area contributed by atoms with E-state index in [4.69, 9.17) is 14.2 Å². The zero-order valence-electron chi connectivity index (χ0n) is 12.6. The van der Waals surface area contributed by atoms with Gasteiger partial charge in [0.2, 0.25) is 0 Å². The highest BCUT2D eigenvalue weighted by Crippen LogP contribution is 2.30. The van der Waals surface area contributed by atoms with E-state index in [1.165, 1.54) is 11.1 Å². The highest BCUT2D eigenvalue weighted by molar-refractivity contribution is 9.10. The van der Waals surface area contributed by atoms with Gasteiger partial charge in [0.25, 0.3) is 0 Å². The maximum absolute atomic E-state index is 5.56. The van der Waals surface area contributed by atoms with Crippen LogP contribution in [-0.4, -0.2) is 26.4 Å². The van der Waals surface area contributed by atoms with Crippen LogP contribution < -0.4 is 0 Å². The Morgan fingerprint density at radius 1 is 0.652 bits per heavy atom. The van der Waals surface area contributed by atoms with E-state index >= 15 is 0 Å². The molecule has 0 aliphatic carbocycles. The standard InChI is InChI=1S/C10H11BrO2.C8H7BrO/c11-9-3-1-8(2-4-9)10-7-12-5-6-13-10;9-7-3-1-6(2-4-7)8-5-10-8/h1-4,10H,5-7H2;1-4,8H,5H2. The van der Waals surface area contributed by atoms with Crippen LogP contribution in [0.4, 0.5) is 0 Å². The molecule has 0 radical (unpaired) electrons. The van der Waals surface area contributed by atoms with Crippen molar-refractivity contribution in [1.29, 1.82) is 0 Å². The van der Waals surface area contributed by atoms with E-state index in [0.717, 1.165) is 15.6 Å². The highest BCUT2D eigenvalue weighted by Gasteiger charge is 2.23. The number of hydrogen-bond donors (Lipinski definition) is 0. The molecule has 122 valence electrons. The maximum Gasteiger partial charge on any atom is 0.106 e. The van der Waals surface area contributed by atoms with E-state index in [-0.39, 0.29) is 6.10 Å². The number of rotatable bonds is 2. The summed E-state index contributed by atoms with van der Waals surface area (Å²) in [5.74, 6) is 0. The molecular weight excluding hydrogens is 424 g/mol. The third-order valence-corrected chi connectivity index (χ3v) is 4.69. The van der Waals surface area contributed by atoms with Crippen molar-refractivity contribution in [3.05, 3.63) is 68.6 Å². The second-order valence-electron chi connectivity index (χ2n) is 5.36. The Morgan fingerprint density at radius 3 is 1.52 bits per heavy atom. The van der Waals surface area contributed by atoms with Crippen LogP contribution in [0.1, 0.15) is 23.3 Å². The molecule has 4 rings (SSSR count). The van der Waals surface area contributed by atoms with Gasteiger partial charge in [0.15, 0.2) is 0 Å². The Balaban J connectivity index is 0.000000140. The zero-order chi connectivity index (χ0) is 16.1. The van der Waals surface area contributed by atoms with Crippen molar-refractivity contribution in [3.8, 4) is 0 Å². The van der Waals surface area contributed by atoms with Gasteiger partial charge in [0.05, 0.1) is 26.4 Å². The Hall–Kier alpha value is -0.720. The summed E-state index contributed by atoms with van der Waals surface area (Å²) in [6.07, 6.45) is 0.495. The van der Waals surface area contributed by atoms with Gasteiger partial charge in [-0.1, -0.05) is 56.1 Å². The van der Waals surface area contributed by atoms with Crippen LogP contribution in [0.3, 0.4) is 0 Å². The Labute approximate surface area is 153 Å². The molecule has 2 fully saturated rings. The highest BCUT2D eigenvalue weighted by atomic mass is 79.9. The van der Waals surface area contributed by atoms with Crippen LogP contribution in [0, 0.1) is 0 Å². The van der Waals surface area contributed by atoms with Gasteiger partial charge in [0, 0.05) is 8.95 Å². The van der Waals surface area contributed by atoms with Crippen molar-refractivity contribution >= 4 is 31.9 Å². The van der Waals surface area contributed by atoms with Gasteiger partial charge in [-0.2, -0.15) is 0 Å². The van der Waals surface area contributed by atoms with Crippen LogP contribution in [0.2, 0.25) is 0 Å². The minimum absolute atomic E-state index is 0.113. The molecule has 2 aliphatic rings. The van der Waals surface area contributed by atoms with E-state index in [1.807, 2.05) is 24.3 Å². The van der Waals surface area contributed by atoms with Crippen molar-refractivity contribution < 1.29 is 14.2 Å². The fourth-order valence-electron chi connectivity index (χ4n) is 2.28. The summed E-state index contributed by atoms with van der Waals surface area (Å²) in [5.41, 5.74) is 2.46. The van der Waals surface area contributed by atoms with Crippen LogP contribution in [0.15, 0.2) is 57.5 Å². The normalized spacial score (nSPS) is 22.9. The van der Waals surface area contributed by atoms with E-state index in [9.17, 15) is 0 Å². The third-order valence-electron chi connectivity index (χ3n) is 3.63. The first-order valence-corrected chi connectivity index (χ1v) is 9.13. The van der Waals surface area contributed by atoms with Crippen molar-refractivity contribution in [2.75, 3.05) is 26.4 Å².